The monoisotopic (exact) mass is 232 g/mol. The zero-order valence-corrected chi connectivity index (χ0v) is 11.0. The van der Waals surface area contributed by atoms with Gasteiger partial charge in [0.2, 0.25) is 0 Å². The van der Waals surface area contributed by atoms with E-state index in [0.29, 0.717) is 0 Å². The van der Waals surface area contributed by atoms with Crippen LogP contribution in [-0.2, 0) is 0 Å². The van der Waals surface area contributed by atoms with Gasteiger partial charge in [0.25, 0.3) is 0 Å². The van der Waals surface area contributed by atoms with E-state index in [1.54, 1.807) is 0 Å². The maximum atomic E-state index is 6.21. The van der Waals surface area contributed by atoms with Crippen LogP contribution >= 0.6 is 0 Å². The van der Waals surface area contributed by atoms with Crippen molar-refractivity contribution >= 4 is 5.69 Å². The fraction of sp³-hybridized carbons (Fsp3) is 0.600. The molecule has 1 aromatic carbocycles. The molecule has 1 aliphatic rings. The third-order valence-electron chi connectivity index (χ3n) is 3.73. The van der Waals surface area contributed by atoms with Gasteiger partial charge >= 0.3 is 0 Å². The van der Waals surface area contributed by atoms with Crippen LogP contribution in [0, 0.1) is 5.92 Å². The Morgan fingerprint density at radius 1 is 1.18 bits per heavy atom. The van der Waals surface area contributed by atoms with Gasteiger partial charge in [0, 0.05) is 24.8 Å². The van der Waals surface area contributed by atoms with Crippen molar-refractivity contribution in [3.05, 3.63) is 29.8 Å². The molecule has 1 fully saturated rings. The molecule has 0 unspecified atom stereocenters. The van der Waals surface area contributed by atoms with Crippen molar-refractivity contribution in [3.63, 3.8) is 0 Å². The van der Waals surface area contributed by atoms with E-state index in [9.17, 15) is 0 Å². The van der Waals surface area contributed by atoms with E-state index in [1.165, 1.54) is 24.1 Å². The molecule has 17 heavy (non-hydrogen) atoms. The molecule has 1 aliphatic carbocycles. The fourth-order valence-corrected chi connectivity index (χ4v) is 2.37. The fourth-order valence-electron chi connectivity index (χ4n) is 2.37. The molecule has 1 saturated carbocycles. The molecule has 1 aromatic rings. The molecule has 0 aliphatic heterocycles. The lowest BCUT2D eigenvalue weighted by Gasteiger charge is -2.21. The van der Waals surface area contributed by atoms with Gasteiger partial charge in [0.05, 0.1) is 0 Å². The van der Waals surface area contributed by atoms with Gasteiger partial charge in [-0.05, 0) is 43.9 Å². The van der Waals surface area contributed by atoms with Crippen molar-refractivity contribution in [2.75, 3.05) is 18.0 Å². The smallest absolute Gasteiger partial charge is 0.0366 e. The van der Waals surface area contributed by atoms with Crippen LogP contribution in [0.15, 0.2) is 24.3 Å². The van der Waals surface area contributed by atoms with Gasteiger partial charge in [0.1, 0.15) is 0 Å². The molecule has 2 N–H and O–H groups in total. The van der Waals surface area contributed by atoms with Gasteiger partial charge in [-0.25, -0.2) is 0 Å². The number of anilines is 1. The Balaban J connectivity index is 2.00. The van der Waals surface area contributed by atoms with E-state index < -0.39 is 0 Å². The summed E-state index contributed by atoms with van der Waals surface area (Å²) in [5, 5.41) is 0. The molecule has 0 amide bonds. The Morgan fingerprint density at radius 3 is 2.24 bits per heavy atom. The topological polar surface area (TPSA) is 29.3 Å². The lowest BCUT2D eigenvalue weighted by molar-refractivity contribution is 0.597. The van der Waals surface area contributed by atoms with E-state index in [1.807, 2.05) is 0 Å². The Kier molecular flexibility index (Phi) is 4.06. The van der Waals surface area contributed by atoms with Crippen LogP contribution in [0.25, 0.3) is 0 Å². The Bertz CT molecular complexity index is 336. The lowest BCUT2D eigenvalue weighted by Crippen LogP contribution is -2.21. The van der Waals surface area contributed by atoms with E-state index in [4.69, 9.17) is 5.73 Å². The first-order chi connectivity index (χ1) is 8.24. The first-order valence-electron chi connectivity index (χ1n) is 6.85. The lowest BCUT2D eigenvalue weighted by atomic mass is 10.0. The highest BCUT2D eigenvalue weighted by atomic mass is 15.1. The van der Waals surface area contributed by atoms with E-state index in [2.05, 4.69) is 43.0 Å². The average molecular weight is 232 g/mol. The second-order valence-corrected chi connectivity index (χ2v) is 5.05. The van der Waals surface area contributed by atoms with Crippen LogP contribution in [0.3, 0.4) is 0 Å². The molecule has 0 spiro atoms. The first kappa shape index (κ1) is 12.4. The highest BCUT2D eigenvalue weighted by Crippen LogP contribution is 2.36. The highest BCUT2D eigenvalue weighted by Gasteiger charge is 2.24. The summed E-state index contributed by atoms with van der Waals surface area (Å²) < 4.78 is 0. The van der Waals surface area contributed by atoms with E-state index >= 15 is 0 Å². The third kappa shape index (κ3) is 3.22. The average Bonchev–Trinajstić information content (AvgIpc) is 3.15. The van der Waals surface area contributed by atoms with Gasteiger partial charge < -0.3 is 10.6 Å². The summed E-state index contributed by atoms with van der Waals surface area (Å²) in [4.78, 5) is 2.36. The number of nitrogens with zero attached hydrogens (tertiary/aromatic N) is 1. The van der Waals surface area contributed by atoms with Gasteiger partial charge in [-0.3, -0.25) is 0 Å². The molecule has 0 heterocycles. The minimum absolute atomic E-state index is 0.230. The van der Waals surface area contributed by atoms with Crippen molar-refractivity contribution < 1.29 is 0 Å². The second-order valence-electron chi connectivity index (χ2n) is 5.05. The van der Waals surface area contributed by atoms with E-state index in [0.717, 1.165) is 25.4 Å². The standard InChI is InChI=1S/C15H24N2/c1-3-17(4-2)14-9-7-13(8-10-14)15(16)11-12-5-6-12/h7-10,12,15H,3-6,11,16H2,1-2H3/t15-/m0/s1. The highest BCUT2D eigenvalue weighted by molar-refractivity contribution is 5.47. The van der Waals surface area contributed by atoms with Crippen LogP contribution in [0.1, 0.15) is 44.7 Å². The second kappa shape index (κ2) is 5.54. The number of benzene rings is 1. The summed E-state index contributed by atoms with van der Waals surface area (Å²) >= 11 is 0. The van der Waals surface area contributed by atoms with Crippen LogP contribution in [0.5, 0.6) is 0 Å². The molecular weight excluding hydrogens is 208 g/mol. The Hall–Kier alpha value is -1.02. The number of hydrogen-bond acceptors (Lipinski definition) is 2. The summed E-state index contributed by atoms with van der Waals surface area (Å²) in [6.45, 7) is 6.50. The summed E-state index contributed by atoms with van der Waals surface area (Å²) in [7, 11) is 0. The SMILES string of the molecule is CCN(CC)c1ccc([C@@H](N)CC2CC2)cc1. The van der Waals surface area contributed by atoms with Crippen molar-refractivity contribution in [1.29, 1.82) is 0 Å². The largest absolute Gasteiger partial charge is 0.372 e. The third-order valence-corrected chi connectivity index (χ3v) is 3.73. The van der Waals surface area contributed by atoms with Crippen LogP contribution < -0.4 is 10.6 Å². The van der Waals surface area contributed by atoms with Gasteiger partial charge in [-0.15, -0.1) is 0 Å². The molecule has 0 bridgehead atoms. The Morgan fingerprint density at radius 2 is 1.76 bits per heavy atom. The molecule has 0 saturated heterocycles. The zero-order valence-electron chi connectivity index (χ0n) is 11.0. The number of hydrogen-bond donors (Lipinski definition) is 1. The van der Waals surface area contributed by atoms with Crippen LogP contribution in [0.2, 0.25) is 0 Å². The normalized spacial score (nSPS) is 16.9. The summed E-state index contributed by atoms with van der Waals surface area (Å²) in [6, 6.07) is 9.03. The van der Waals surface area contributed by atoms with Crippen molar-refractivity contribution in [2.45, 2.75) is 39.2 Å². The van der Waals surface area contributed by atoms with Gasteiger partial charge in [-0.2, -0.15) is 0 Å². The Labute approximate surface area is 105 Å². The molecular formula is C15H24N2. The van der Waals surface area contributed by atoms with E-state index in [-0.39, 0.29) is 6.04 Å². The molecule has 94 valence electrons. The minimum Gasteiger partial charge on any atom is -0.372 e. The minimum atomic E-state index is 0.230. The molecule has 1 atom stereocenters. The maximum Gasteiger partial charge on any atom is 0.0366 e. The summed E-state index contributed by atoms with van der Waals surface area (Å²) in [5.41, 5.74) is 8.80. The molecule has 0 radical (unpaired) electrons. The number of nitrogens with two attached hydrogens (primary N) is 1. The van der Waals surface area contributed by atoms with Crippen molar-refractivity contribution in [2.24, 2.45) is 11.7 Å². The molecule has 2 nitrogen and oxygen atoms in total. The molecule has 2 rings (SSSR count). The van der Waals surface area contributed by atoms with Crippen LogP contribution in [0.4, 0.5) is 5.69 Å². The zero-order chi connectivity index (χ0) is 12.3. The maximum absolute atomic E-state index is 6.21. The van der Waals surface area contributed by atoms with Crippen molar-refractivity contribution in [1.82, 2.24) is 0 Å². The predicted molar refractivity (Wildman–Crippen MR) is 74.3 cm³/mol. The summed E-state index contributed by atoms with van der Waals surface area (Å²) in [6.07, 6.45) is 3.92. The van der Waals surface area contributed by atoms with Gasteiger partial charge in [0.15, 0.2) is 0 Å². The van der Waals surface area contributed by atoms with Crippen molar-refractivity contribution in [3.8, 4) is 0 Å². The molecule has 0 aromatic heterocycles. The first-order valence-corrected chi connectivity index (χ1v) is 6.85. The predicted octanol–water partition coefficient (Wildman–Crippen LogP) is 3.33. The quantitative estimate of drug-likeness (QED) is 0.815. The summed E-state index contributed by atoms with van der Waals surface area (Å²) in [5.74, 6) is 0.896. The van der Waals surface area contributed by atoms with Gasteiger partial charge in [-0.1, -0.05) is 25.0 Å². The number of rotatable bonds is 6. The van der Waals surface area contributed by atoms with Crippen LogP contribution in [-0.4, -0.2) is 13.1 Å². The molecule has 2 heteroatoms.